The number of nitrogens with zero attached hydrogens (tertiary/aromatic N) is 3. The molecular formula is C23H31N3O3. The lowest BCUT2D eigenvalue weighted by Crippen LogP contribution is -2.41. The Bertz CT molecular complexity index is 866. The van der Waals surface area contributed by atoms with Gasteiger partial charge >= 0.3 is 0 Å². The van der Waals surface area contributed by atoms with Gasteiger partial charge in [0.1, 0.15) is 0 Å². The van der Waals surface area contributed by atoms with Crippen LogP contribution in [0.4, 0.5) is 0 Å². The van der Waals surface area contributed by atoms with E-state index in [0.717, 1.165) is 31.4 Å². The minimum atomic E-state index is -0.358. The van der Waals surface area contributed by atoms with Crippen molar-refractivity contribution in [2.45, 2.75) is 52.9 Å². The van der Waals surface area contributed by atoms with E-state index < -0.39 is 0 Å². The van der Waals surface area contributed by atoms with E-state index in [2.05, 4.69) is 24.0 Å². The third kappa shape index (κ3) is 3.70. The fourth-order valence-electron chi connectivity index (χ4n) is 4.52. The lowest BCUT2D eigenvalue weighted by atomic mass is 9.72. The van der Waals surface area contributed by atoms with Crippen molar-refractivity contribution >= 4 is 5.91 Å². The molecular weight excluding hydrogens is 366 g/mol. The average molecular weight is 398 g/mol. The highest BCUT2D eigenvalue weighted by molar-refractivity contribution is 5.82. The molecule has 3 heterocycles. The van der Waals surface area contributed by atoms with Crippen LogP contribution in [-0.2, 0) is 9.53 Å². The predicted molar refractivity (Wildman–Crippen MR) is 110 cm³/mol. The molecule has 1 aromatic carbocycles. The van der Waals surface area contributed by atoms with E-state index in [9.17, 15) is 4.79 Å². The quantitative estimate of drug-likeness (QED) is 0.773. The van der Waals surface area contributed by atoms with Crippen LogP contribution in [0.2, 0.25) is 0 Å². The van der Waals surface area contributed by atoms with E-state index >= 15 is 0 Å². The molecule has 4 rings (SSSR count). The first-order valence-electron chi connectivity index (χ1n) is 10.6. The Hall–Kier alpha value is -2.21. The van der Waals surface area contributed by atoms with Crippen LogP contribution in [0.15, 0.2) is 28.7 Å². The van der Waals surface area contributed by atoms with Gasteiger partial charge in [0.25, 0.3) is 0 Å². The first-order chi connectivity index (χ1) is 13.8. The van der Waals surface area contributed by atoms with Gasteiger partial charge in [-0.25, -0.2) is 0 Å². The first kappa shape index (κ1) is 20.1. The van der Waals surface area contributed by atoms with Crippen LogP contribution in [-0.4, -0.2) is 47.3 Å². The van der Waals surface area contributed by atoms with Gasteiger partial charge in [-0.2, -0.15) is 0 Å². The zero-order chi connectivity index (χ0) is 20.6. The van der Waals surface area contributed by atoms with Crippen LogP contribution >= 0.6 is 0 Å². The highest BCUT2D eigenvalue weighted by Gasteiger charge is 2.52. The molecule has 2 saturated heterocycles. The van der Waals surface area contributed by atoms with Crippen LogP contribution in [0, 0.1) is 17.8 Å². The van der Waals surface area contributed by atoms with Crippen molar-refractivity contribution in [3.63, 3.8) is 0 Å². The zero-order valence-corrected chi connectivity index (χ0v) is 17.9. The lowest BCUT2D eigenvalue weighted by Gasteiger charge is -2.36. The molecule has 1 spiro atoms. The van der Waals surface area contributed by atoms with E-state index in [4.69, 9.17) is 9.15 Å². The monoisotopic (exact) mass is 397 g/mol. The molecule has 0 saturated carbocycles. The maximum Gasteiger partial charge on any atom is 0.247 e. The summed E-state index contributed by atoms with van der Waals surface area (Å²) in [5.41, 5.74) is 1.71. The van der Waals surface area contributed by atoms with Crippen LogP contribution in [0.1, 0.15) is 57.4 Å². The molecule has 1 atom stereocenters. The van der Waals surface area contributed by atoms with E-state index in [0.29, 0.717) is 31.5 Å². The number of aromatic nitrogens is 2. The van der Waals surface area contributed by atoms with Crippen molar-refractivity contribution < 1.29 is 13.9 Å². The molecule has 2 fully saturated rings. The molecule has 2 aromatic rings. The van der Waals surface area contributed by atoms with Crippen molar-refractivity contribution in [2.24, 2.45) is 10.8 Å². The fourth-order valence-corrected chi connectivity index (χ4v) is 4.52. The predicted octanol–water partition coefficient (Wildman–Crippen LogP) is 4.20. The fraction of sp³-hybridized carbons (Fsp3) is 0.609. The van der Waals surface area contributed by atoms with E-state index in [1.807, 2.05) is 43.0 Å². The molecule has 29 heavy (non-hydrogen) atoms. The van der Waals surface area contributed by atoms with Gasteiger partial charge in [0.2, 0.25) is 17.7 Å². The summed E-state index contributed by atoms with van der Waals surface area (Å²) in [6.45, 7) is 11.0. The summed E-state index contributed by atoms with van der Waals surface area (Å²) < 4.78 is 11.8. The number of rotatable bonds is 4. The number of hydrogen-bond acceptors (Lipinski definition) is 5. The number of carbonyl (C=O) groups excluding carboxylic acids is 1. The smallest absolute Gasteiger partial charge is 0.247 e. The molecule has 1 aromatic heterocycles. The zero-order valence-electron chi connectivity index (χ0n) is 17.9. The molecule has 1 amide bonds. The topological polar surface area (TPSA) is 68.5 Å². The Kier molecular flexibility index (Phi) is 5.23. The number of amides is 1. The number of likely N-dealkylation sites (tertiary alicyclic amines) is 1. The lowest BCUT2D eigenvalue weighted by molar-refractivity contribution is -0.140. The van der Waals surface area contributed by atoms with Crippen molar-refractivity contribution in [1.29, 1.82) is 0 Å². The third-order valence-corrected chi connectivity index (χ3v) is 6.92. The molecule has 0 bridgehead atoms. The summed E-state index contributed by atoms with van der Waals surface area (Å²) in [6.07, 6.45) is 2.65. The van der Waals surface area contributed by atoms with Crippen molar-refractivity contribution in [1.82, 2.24) is 15.1 Å². The second-order valence-electron chi connectivity index (χ2n) is 9.26. The normalized spacial score (nSPS) is 21.7. The maximum absolute atomic E-state index is 13.2. The Labute approximate surface area is 172 Å². The van der Waals surface area contributed by atoms with Crippen LogP contribution < -0.4 is 0 Å². The summed E-state index contributed by atoms with van der Waals surface area (Å²) in [6, 6.07) is 8.10. The van der Waals surface area contributed by atoms with Crippen LogP contribution in [0.5, 0.6) is 0 Å². The molecule has 2 aliphatic rings. The molecule has 1 unspecified atom stereocenters. The molecule has 6 nitrogen and oxygen atoms in total. The van der Waals surface area contributed by atoms with Gasteiger partial charge in [-0.05, 0) is 38.3 Å². The minimum Gasteiger partial charge on any atom is -0.420 e. The highest BCUT2D eigenvalue weighted by atomic mass is 16.5. The number of carbonyl (C=O) groups is 1. The second kappa shape index (κ2) is 7.56. The van der Waals surface area contributed by atoms with E-state index in [1.54, 1.807) is 0 Å². The molecule has 0 N–H and O–H groups in total. The molecule has 0 radical (unpaired) electrons. The Morgan fingerprint density at radius 3 is 2.55 bits per heavy atom. The van der Waals surface area contributed by atoms with Gasteiger partial charge in [0.15, 0.2) is 0 Å². The van der Waals surface area contributed by atoms with Crippen molar-refractivity contribution in [3.05, 3.63) is 35.7 Å². The second-order valence-corrected chi connectivity index (χ2v) is 9.26. The van der Waals surface area contributed by atoms with E-state index in [-0.39, 0.29) is 22.7 Å². The van der Waals surface area contributed by atoms with Crippen LogP contribution in [0.25, 0.3) is 11.5 Å². The Morgan fingerprint density at radius 2 is 1.90 bits per heavy atom. The van der Waals surface area contributed by atoms with Crippen LogP contribution in [0.3, 0.4) is 0 Å². The molecule has 6 heteroatoms. The number of ether oxygens (including phenoxy) is 1. The first-order valence-corrected chi connectivity index (χ1v) is 10.6. The van der Waals surface area contributed by atoms with Gasteiger partial charge in [0, 0.05) is 42.7 Å². The minimum absolute atomic E-state index is 0.0468. The number of aryl methyl sites for hydroxylation is 1. The average Bonchev–Trinajstić information content (AvgIpc) is 3.34. The van der Waals surface area contributed by atoms with E-state index in [1.165, 1.54) is 5.56 Å². The summed E-state index contributed by atoms with van der Waals surface area (Å²) in [5.74, 6) is 1.45. The molecule has 156 valence electrons. The molecule has 0 aliphatic carbocycles. The largest absolute Gasteiger partial charge is 0.420 e. The Balaban J connectivity index is 1.64. The van der Waals surface area contributed by atoms with Crippen molar-refractivity contribution in [2.75, 3.05) is 26.3 Å². The van der Waals surface area contributed by atoms with Gasteiger partial charge in [0.05, 0.1) is 5.92 Å². The summed E-state index contributed by atoms with van der Waals surface area (Å²) >= 11 is 0. The van der Waals surface area contributed by atoms with Gasteiger partial charge in [-0.15, -0.1) is 10.2 Å². The standard InChI is InChI=1S/C23H31N3O3/c1-5-22(3,4)21(27)26-14-18(23(15-26)10-12-28-13-11-23)20-25-24-19(29-20)17-8-6-16(2)7-9-17/h6-9,18H,5,10-15H2,1-4H3. The number of benzene rings is 1. The van der Waals surface area contributed by atoms with Gasteiger partial charge in [-0.3, -0.25) is 4.79 Å². The molecule has 2 aliphatic heterocycles. The summed E-state index contributed by atoms with van der Waals surface area (Å²) in [7, 11) is 0. The Morgan fingerprint density at radius 1 is 1.21 bits per heavy atom. The van der Waals surface area contributed by atoms with Gasteiger partial charge < -0.3 is 14.1 Å². The summed E-state index contributed by atoms with van der Waals surface area (Å²) in [5, 5.41) is 8.75. The number of hydrogen-bond donors (Lipinski definition) is 0. The maximum atomic E-state index is 13.2. The van der Waals surface area contributed by atoms with Crippen molar-refractivity contribution in [3.8, 4) is 11.5 Å². The highest BCUT2D eigenvalue weighted by Crippen LogP contribution is 2.50. The third-order valence-electron chi connectivity index (χ3n) is 6.92. The SMILES string of the molecule is CCC(C)(C)C(=O)N1CC(c2nnc(-c3ccc(C)cc3)o2)C2(CCOCC2)C1. The summed E-state index contributed by atoms with van der Waals surface area (Å²) in [4.78, 5) is 15.2. The van der Waals surface area contributed by atoms with Gasteiger partial charge in [-0.1, -0.05) is 38.5 Å².